The Hall–Kier alpha value is -3.06. The van der Waals surface area contributed by atoms with Gasteiger partial charge in [-0.1, -0.05) is 23.7 Å². The van der Waals surface area contributed by atoms with Crippen LogP contribution < -0.4 is 4.74 Å². The monoisotopic (exact) mass is 389 g/mol. The SMILES string of the molecule is O=C(OCC(=O)N1CCOC1=O)c1ccc(COc2ccc(Cl)cc2)cc1. The van der Waals surface area contributed by atoms with E-state index < -0.39 is 24.6 Å². The summed E-state index contributed by atoms with van der Waals surface area (Å²) in [6.45, 7) is 0.123. The van der Waals surface area contributed by atoms with Gasteiger partial charge in [-0.15, -0.1) is 0 Å². The Labute approximate surface area is 160 Å². The van der Waals surface area contributed by atoms with E-state index in [1.165, 1.54) is 0 Å². The van der Waals surface area contributed by atoms with Crippen LogP contribution in [0.2, 0.25) is 5.02 Å². The maximum Gasteiger partial charge on any atom is 0.416 e. The van der Waals surface area contributed by atoms with Gasteiger partial charge < -0.3 is 14.2 Å². The topological polar surface area (TPSA) is 82.1 Å². The molecule has 1 fully saturated rings. The molecule has 0 atom stereocenters. The van der Waals surface area contributed by atoms with Crippen LogP contribution in [0.1, 0.15) is 15.9 Å². The third-order valence-electron chi connectivity index (χ3n) is 3.80. The molecule has 3 rings (SSSR count). The van der Waals surface area contributed by atoms with E-state index in [0.717, 1.165) is 10.5 Å². The first-order chi connectivity index (χ1) is 13.0. The lowest BCUT2D eigenvalue weighted by atomic mass is 10.1. The van der Waals surface area contributed by atoms with E-state index in [1.807, 2.05) is 0 Å². The highest BCUT2D eigenvalue weighted by atomic mass is 35.5. The number of benzene rings is 2. The summed E-state index contributed by atoms with van der Waals surface area (Å²) in [5.74, 6) is -0.582. The summed E-state index contributed by atoms with van der Waals surface area (Å²) in [4.78, 5) is 36.0. The normalized spacial score (nSPS) is 13.2. The third-order valence-corrected chi connectivity index (χ3v) is 4.05. The number of carbonyl (C=O) groups excluding carboxylic acids is 3. The molecule has 27 heavy (non-hydrogen) atoms. The molecule has 0 radical (unpaired) electrons. The van der Waals surface area contributed by atoms with Crippen LogP contribution in [0, 0.1) is 0 Å². The molecule has 1 heterocycles. The van der Waals surface area contributed by atoms with Crippen molar-refractivity contribution in [3.8, 4) is 5.75 Å². The van der Waals surface area contributed by atoms with Gasteiger partial charge in [-0.2, -0.15) is 0 Å². The minimum Gasteiger partial charge on any atom is -0.489 e. The standard InChI is InChI=1S/C19H16ClNO6/c20-15-5-7-16(8-6-15)26-11-13-1-3-14(4-2-13)18(23)27-12-17(22)21-9-10-25-19(21)24/h1-8H,9-12H2. The summed E-state index contributed by atoms with van der Waals surface area (Å²) in [6.07, 6.45) is -0.721. The number of carbonyl (C=O) groups is 3. The van der Waals surface area contributed by atoms with E-state index in [-0.39, 0.29) is 13.2 Å². The molecule has 7 nitrogen and oxygen atoms in total. The first-order valence-corrected chi connectivity index (χ1v) is 8.52. The van der Waals surface area contributed by atoms with Gasteiger partial charge in [-0.3, -0.25) is 4.79 Å². The van der Waals surface area contributed by atoms with Gasteiger partial charge in [-0.25, -0.2) is 14.5 Å². The highest BCUT2D eigenvalue weighted by Crippen LogP contribution is 2.17. The van der Waals surface area contributed by atoms with Gasteiger partial charge in [0.05, 0.1) is 12.1 Å². The summed E-state index contributed by atoms with van der Waals surface area (Å²) in [5.41, 5.74) is 1.15. The molecule has 1 aliphatic heterocycles. The van der Waals surface area contributed by atoms with Gasteiger partial charge in [-0.05, 0) is 42.0 Å². The predicted octanol–water partition coefficient (Wildman–Crippen LogP) is 3.05. The molecule has 1 saturated heterocycles. The van der Waals surface area contributed by atoms with Crippen molar-refractivity contribution in [2.75, 3.05) is 19.8 Å². The molecule has 140 valence electrons. The number of nitrogens with zero attached hydrogens (tertiary/aromatic N) is 1. The lowest BCUT2D eigenvalue weighted by Crippen LogP contribution is -2.35. The van der Waals surface area contributed by atoms with Crippen LogP contribution in [0.3, 0.4) is 0 Å². The van der Waals surface area contributed by atoms with Gasteiger partial charge in [0.1, 0.15) is 19.0 Å². The minimum absolute atomic E-state index is 0.151. The van der Waals surface area contributed by atoms with E-state index in [2.05, 4.69) is 4.74 Å². The molecule has 8 heteroatoms. The maximum absolute atomic E-state index is 12.0. The number of hydrogen-bond donors (Lipinski definition) is 0. The van der Waals surface area contributed by atoms with Crippen molar-refractivity contribution in [1.82, 2.24) is 4.90 Å². The third kappa shape index (κ3) is 4.98. The van der Waals surface area contributed by atoms with Crippen LogP contribution in [0.4, 0.5) is 4.79 Å². The number of rotatable bonds is 6. The number of ether oxygens (including phenoxy) is 3. The van der Waals surface area contributed by atoms with Crippen molar-refractivity contribution in [3.63, 3.8) is 0 Å². The molecule has 0 aliphatic carbocycles. The first-order valence-electron chi connectivity index (χ1n) is 8.14. The summed E-state index contributed by atoms with van der Waals surface area (Å²) < 4.78 is 15.2. The highest BCUT2D eigenvalue weighted by Gasteiger charge is 2.29. The van der Waals surface area contributed by atoms with Crippen LogP contribution in [0.5, 0.6) is 5.75 Å². The van der Waals surface area contributed by atoms with Crippen LogP contribution >= 0.6 is 11.6 Å². The molecule has 0 bridgehead atoms. The van der Waals surface area contributed by atoms with Gasteiger partial charge in [0.2, 0.25) is 0 Å². The molecule has 1 aliphatic rings. The lowest BCUT2D eigenvalue weighted by Gasteiger charge is -2.11. The molecule has 2 aromatic rings. The number of imide groups is 1. The second-order valence-electron chi connectivity index (χ2n) is 5.68. The molecule has 2 aromatic carbocycles. The number of amides is 2. The number of hydrogen-bond acceptors (Lipinski definition) is 6. The molecule has 0 saturated carbocycles. The summed E-state index contributed by atoms with van der Waals surface area (Å²) in [7, 11) is 0. The van der Waals surface area contributed by atoms with E-state index in [9.17, 15) is 14.4 Å². The second kappa shape index (κ2) is 8.55. The van der Waals surface area contributed by atoms with Gasteiger partial charge in [0.25, 0.3) is 5.91 Å². The second-order valence-corrected chi connectivity index (χ2v) is 6.11. The van der Waals surface area contributed by atoms with Gasteiger partial charge in [0, 0.05) is 5.02 Å². The summed E-state index contributed by atoms with van der Waals surface area (Å²) in [5, 5.41) is 0.630. The summed E-state index contributed by atoms with van der Waals surface area (Å²) in [6, 6.07) is 13.6. The molecule has 0 unspecified atom stereocenters. The quantitative estimate of drug-likeness (QED) is 0.706. The zero-order valence-corrected chi connectivity index (χ0v) is 15.0. The van der Waals surface area contributed by atoms with Crippen LogP contribution in [-0.4, -0.2) is 42.6 Å². The van der Waals surface area contributed by atoms with Crippen molar-refractivity contribution in [3.05, 3.63) is 64.7 Å². The van der Waals surface area contributed by atoms with E-state index in [1.54, 1.807) is 48.5 Å². The minimum atomic E-state index is -0.721. The fraction of sp³-hybridized carbons (Fsp3) is 0.211. The van der Waals surface area contributed by atoms with E-state index in [0.29, 0.717) is 22.9 Å². The fourth-order valence-corrected chi connectivity index (χ4v) is 2.47. The fourth-order valence-electron chi connectivity index (χ4n) is 2.34. The average Bonchev–Trinajstić information content (AvgIpc) is 3.12. The van der Waals surface area contributed by atoms with Crippen LogP contribution in [0.15, 0.2) is 48.5 Å². The Morgan fingerprint density at radius 3 is 2.41 bits per heavy atom. The molecule has 2 amide bonds. The van der Waals surface area contributed by atoms with E-state index >= 15 is 0 Å². The van der Waals surface area contributed by atoms with Gasteiger partial charge >= 0.3 is 12.1 Å². The zero-order chi connectivity index (χ0) is 19.2. The zero-order valence-electron chi connectivity index (χ0n) is 14.2. The lowest BCUT2D eigenvalue weighted by molar-refractivity contribution is -0.131. The van der Waals surface area contributed by atoms with Gasteiger partial charge in [0.15, 0.2) is 6.61 Å². The number of cyclic esters (lactones) is 1. The van der Waals surface area contributed by atoms with Crippen molar-refractivity contribution < 1.29 is 28.6 Å². The largest absolute Gasteiger partial charge is 0.489 e. The highest BCUT2D eigenvalue weighted by molar-refractivity contribution is 6.30. The maximum atomic E-state index is 12.0. The van der Waals surface area contributed by atoms with Crippen molar-refractivity contribution in [1.29, 1.82) is 0 Å². The van der Waals surface area contributed by atoms with Crippen LogP contribution in [-0.2, 0) is 20.9 Å². The van der Waals surface area contributed by atoms with E-state index in [4.69, 9.17) is 21.1 Å². The predicted molar refractivity (Wildman–Crippen MR) is 95.6 cm³/mol. The molecule has 0 spiro atoms. The molecular formula is C19H16ClNO6. The Morgan fingerprint density at radius 2 is 1.78 bits per heavy atom. The Morgan fingerprint density at radius 1 is 1.07 bits per heavy atom. The molecule has 0 aromatic heterocycles. The molecule has 0 N–H and O–H groups in total. The first kappa shape index (κ1) is 18.7. The molecular weight excluding hydrogens is 374 g/mol. The van der Waals surface area contributed by atoms with Crippen LogP contribution in [0.25, 0.3) is 0 Å². The van der Waals surface area contributed by atoms with Crippen molar-refractivity contribution >= 4 is 29.6 Å². The Balaban J connectivity index is 1.48. The smallest absolute Gasteiger partial charge is 0.416 e. The van der Waals surface area contributed by atoms with Crippen molar-refractivity contribution in [2.45, 2.75) is 6.61 Å². The van der Waals surface area contributed by atoms with Crippen molar-refractivity contribution in [2.24, 2.45) is 0 Å². The Bertz CT molecular complexity index is 834. The number of esters is 1. The average molecular weight is 390 g/mol. The Kier molecular flexibility index (Phi) is 5.93. The number of halogens is 1. The summed E-state index contributed by atoms with van der Waals surface area (Å²) >= 11 is 5.82.